The molecule has 1 N–H and O–H groups in total. The van der Waals surface area contributed by atoms with E-state index in [0.29, 0.717) is 16.6 Å². The fourth-order valence-corrected chi connectivity index (χ4v) is 3.09. The molecular weight excluding hydrogens is 304 g/mol. The van der Waals surface area contributed by atoms with Crippen LogP contribution in [0.5, 0.6) is 0 Å². The second-order valence-electron chi connectivity index (χ2n) is 6.07. The molecule has 118 valence electrons. The second kappa shape index (κ2) is 6.50. The zero-order chi connectivity index (χ0) is 16.4. The molecular formula is C19H20N2OS. The molecule has 3 rings (SSSR count). The number of nitrogens with zero attached hydrogens (tertiary/aromatic N) is 1. The molecule has 1 amide bonds. The summed E-state index contributed by atoms with van der Waals surface area (Å²) in [6, 6.07) is 15.9. The van der Waals surface area contributed by atoms with Gasteiger partial charge in [-0.05, 0) is 53.9 Å². The van der Waals surface area contributed by atoms with E-state index < -0.39 is 0 Å². The summed E-state index contributed by atoms with van der Waals surface area (Å²) in [6.45, 7) is 5.08. The van der Waals surface area contributed by atoms with Crippen molar-refractivity contribution in [1.82, 2.24) is 5.32 Å². The van der Waals surface area contributed by atoms with E-state index in [1.807, 2.05) is 47.4 Å². The normalized spacial score (nSPS) is 13.1. The van der Waals surface area contributed by atoms with Crippen LogP contribution in [0.4, 0.5) is 5.69 Å². The van der Waals surface area contributed by atoms with E-state index in [1.165, 1.54) is 11.1 Å². The molecule has 1 heterocycles. The van der Waals surface area contributed by atoms with Gasteiger partial charge in [-0.15, -0.1) is 0 Å². The quantitative estimate of drug-likeness (QED) is 0.851. The van der Waals surface area contributed by atoms with Crippen LogP contribution in [-0.2, 0) is 6.42 Å². The van der Waals surface area contributed by atoms with Gasteiger partial charge >= 0.3 is 0 Å². The molecule has 0 saturated carbocycles. The van der Waals surface area contributed by atoms with E-state index in [1.54, 1.807) is 0 Å². The molecule has 0 aromatic heterocycles. The van der Waals surface area contributed by atoms with Gasteiger partial charge in [-0.2, -0.15) is 0 Å². The van der Waals surface area contributed by atoms with Crippen molar-refractivity contribution in [2.75, 3.05) is 11.4 Å². The minimum atomic E-state index is -0.158. The summed E-state index contributed by atoms with van der Waals surface area (Å²) in [5.74, 6) is 0.295. The van der Waals surface area contributed by atoms with Gasteiger partial charge < -0.3 is 4.90 Å². The molecule has 0 unspecified atom stereocenters. The Morgan fingerprint density at radius 3 is 2.52 bits per heavy atom. The number of rotatable bonds is 2. The number of anilines is 1. The summed E-state index contributed by atoms with van der Waals surface area (Å²) in [5.41, 5.74) is 4.21. The van der Waals surface area contributed by atoms with E-state index in [-0.39, 0.29) is 5.91 Å². The first kappa shape index (κ1) is 15.7. The fourth-order valence-electron chi connectivity index (χ4n) is 2.81. The molecule has 0 saturated heterocycles. The molecule has 3 nitrogen and oxygen atoms in total. The number of nitrogens with one attached hydrogen (secondary N) is 1. The topological polar surface area (TPSA) is 32.3 Å². The molecule has 0 bridgehead atoms. The van der Waals surface area contributed by atoms with Crippen LogP contribution in [0.25, 0.3) is 0 Å². The average molecular weight is 324 g/mol. The molecule has 23 heavy (non-hydrogen) atoms. The number of amides is 1. The third kappa shape index (κ3) is 3.27. The van der Waals surface area contributed by atoms with Crippen molar-refractivity contribution in [3.63, 3.8) is 0 Å². The maximum absolute atomic E-state index is 12.4. The Bertz CT molecular complexity index is 737. The Morgan fingerprint density at radius 1 is 1.13 bits per heavy atom. The Kier molecular flexibility index (Phi) is 4.44. The first-order chi connectivity index (χ1) is 11.1. The lowest BCUT2D eigenvalue weighted by Crippen LogP contribution is -2.41. The lowest BCUT2D eigenvalue weighted by Gasteiger charge is -2.20. The lowest BCUT2D eigenvalue weighted by atomic mass is 10.0. The predicted octanol–water partition coefficient (Wildman–Crippen LogP) is 3.89. The maximum atomic E-state index is 12.4. The summed E-state index contributed by atoms with van der Waals surface area (Å²) in [6.07, 6.45) is 0.954. The minimum Gasteiger partial charge on any atom is -0.318 e. The number of hydrogen-bond acceptors (Lipinski definition) is 2. The summed E-state index contributed by atoms with van der Waals surface area (Å²) >= 11 is 5.43. The Hall–Kier alpha value is -2.20. The highest BCUT2D eigenvalue weighted by molar-refractivity contribution is 7.80. The predicted molar refractivity (Wildman–Crippen MR) is 98.1 cm³/mol. The highest BCUT2D eigenvalue weighted by Gasteiger charge is 2.23. The number of carbonyl (C=O) groups excluding carboxylic acids is 1. The van der Waals surface area contributed by atoms with E-state index in [2.05, 4.69) is 25.2 Å². The van der Waals surface area contributed by atoms with Gasteiger partial charge in [-0.3, -0.25) is 10.1 Å². The zero-order valence-corrected chi connectivity index (χ0v) is 14.2. The molecule has 2 aromatic rings. The third-order valence-corrected chi connectivity index (χ3v) is 4.51. The Labute approximate surface area is 142 Å². The van der Waals surface area contributed by atoms with E-state index in [4.69, 9.17) is 12.2 Å². The molecule has 2 aromatic carbocycles. The Morgan fingerprint density at radius 2 is 1.83 bits per heavy atom. The zero-order valence-electron chi connectivity index (χ0n) is 13.4. The van der Waals surface area contributed by atoms with Crippen molar-refractivity contribution in [2.45, 2.75) is 26.2 Å². The number of para-hydroxylation sites is 1. The largest absolute Gasteiger partial charge is 0.318 e. The average Bonchev–Trinajstić information content (AvgIpc) is 2.99. The van der Waals surface area contributed by atoms with Gasteiger partial charge in [-0.25, -0.2) is 0 Å². The van der Waals surface area contributed by atoms with Crippen LogP contribution in [0.15, 0.2) is 48.5 Å². The van der Waals surface area contributed by atoms with Crippen LogP contribution in [0.3, 0.4) is 0 Å². The van der Waals surface area contributed by atoms with Crippen LogP contribution < -0.4 is 10.2 Å². The van der Waals surface area contributed by atoms with Crippen molar-refractivity contribution in [3.8, 4) is 0 Å². The minimum absolute atomic E-state index is 0.158. The molecule has 1 aliphatic heterocycles. The number of fused-ring (bicyclic) bond motifs is 1. The molecule has 0 aliphatic carbocycles. The SMILES string of the molecule is CC(C)c1ccc(C(=O)NC(=S)N2CCc3ccccc32)cc1. The first-order valence-electron chi connectivity index (χ1n) is 7.87. The number of hydrogen-bond donors (Lipinski definition) is 1. The number of thiocarbonyl (C=S) groups is 1. The summed E-state index contributed by atoms with van der Waals surface area (Å²) in [7, 11) is 0. The highest BCUT2D eigenvalue weighted by atomic mass is 32.1. The van der Waals surface area contributed by atoms with Gasteiger partial charge in [0.2, 0.25) is 0 Å². The smallest absolute Gasteiger partial charge is 0.257 e. The maximum Gasteiger partial charge on any atom is 0.257 e. The van der Waals surface area contributed by atoms with Crippen LogP contribution in [-0.4, -0.2) is 17.6 Å². The summed E-state index contributed by atoms with van der Waals surface area (Å²) in [5, 5.41) is 3.31. The molecule has 1 aliphatic rings. The molecule has 0 atom stereocenters. The standard InChI is InChI=1S/C19H20N2OS/c1-13(2)14-7-9-16(10-8-14)18(22)20-19(23)21-12-11-15-5-3-4-6-17(15)21/h3-10,13H,11-12H2,1-2H3,(H,20,22,23). The van der Waals surface area contributed by atoms with E-state index in [9.17, 15) is 4.79 Å². The van der Waals surface area contributed by atoms with Crippen molar-refractivity contribution in [3.05, 3.63) is 65.2 Å². The Balaban J connectivity index is 1.70. The van der Waals surface area contributed by atoms with Gasteiger partial charge in [-0.1, -0.05) is 44.2 Å². The second-order valence-corrected chi connectivity index (χ2v) is 6.45. The summed E-state index contributed by atoms with van der Waals surface area (Å²) in [4.78, 5) is 14.4. The van der Waals surface area contributed by atoms with Gasteiger partial charge in [0.25, 0.3) is 5.91 Å². The van der Waals surface area contributed by atoms with Crippen molar-refractivity contribution in [1.29, 1.82) is 0 Å². The molecule has 0 fully saturated rings. The van der Waals surface area contributed by atoms with E-state index in [0.717, 1.165) is 18.7 Å². The molecule has 4 heteroatoms. The molecule has 0 spiro atoms. The molecule has 0 radical (unpaired) electrons. The van der Waals surface area contributed by atoms with Crippen molar-refractivity contribution in [2.24, 2.45) is 0 Å². The van der Waals surface area contributed by atoms with Crippen molar-refractivity contribution < 1.29 is 4.79 Å². The van der Waals surface area contributed by atoms with Crippen LogP contribution in [0, 0.1) is 0 Å². The number of carbonyl (C=O) groups is 1. The first-order valence-corrected chi connectivity index (χ1v) is 8.28. The summed E-state index contributed by atoms with van der Waals surface area (Å²) < 4.78 is 0. The number of benzene rings is 2. The monoisotopic (exact) mass is 324 g/mol. The van der Waals surface area contributed by atoms with Crippen LogP contribution in [0.2, 0.25) is 0 Å². The third-order valence-electron chi connectivity index (χ3n) is 4.19. The van der Waals surface area contributed by atoms with Gasteiger partial charge in [0.1, 0.15) is 0 Å². The van der Waals surface area contributed by atoms with Crippen LogP contribution >= 0.6 is 12.2 Å². The van der Waals surface area contributed by atoms with Gasteiger partial charge in [0.05, 0.1) is 0 Å². The van der Waals surface area contributed by atoms with Crippen molar-refractivity contribution >= 4 is 28.9 Å². The van der Waals surface area contributed by atoms with Gasteiger partial charge in [0, 0.05) is 17.8 Å². The van der Waals surface area contributed by atoms with E-state index >= 15 is 0 Å². The van der Waals surface area contributed by atoms with Gasteiger partial charge in [0.15, 0.2) is 5.11 Å². The fraction of sp³-hybridized carbons (Fsp3) is 0.263. The highest BCUT2D eigenvalue weighted by Crippen LogP contribution is 2.27. The lowest BCUT2D eigenvalue weighted by molar-refractivity contribution is 0.0977. The van der Waals surface area contributed by atoms with Crippen LogP contribution in [0.1, 0.15) is 41.3 Å².